The maximum absolute atomic E-state index is 7.14. The molecule has 0 aromatic heterocycles. The first-order chi connectivity index (χ1) is 1.00. The van der Waals surface area contributed by atoms with E-state index in [0.29, 0.717) is 10.5 Å². The van der Waals surface area contributed by atoms with Crippen LogP contribution < -0.4 is 0 Å². The van der Waals surface area contributed by atoms with Crippen molar-refractivity contribution in [2.24, 2.45) is 0 Å². The quantitative estimate of drug-likeness (QED) is 0.305. The van der Waals surface area contributed by atoms with Crippen LogP contribution in [0, 0.1) is 0 Å². The van der Waals surface area contributed by atoms with E-state index in [0.717, 1.165) is 0 Å². The molecule has 0 aromatic rings. The summed E-state index contributed by atoms with van der Waals surface area (Å²) in [4.78, 5) is 7.14. The fourth-order valence-corrected chi connectivity index (χ4v) is 0. The standard InChI is InChI=1S/H4OSi.2H2O/c1-2;;/h1H,2H3;2*1H2. The molecule has 0 fully saturated rings. The number of rotatable bonds is 0. The van der Waals surface area contributed by atoms with Crippen LogP contribution in [0.5, 0.6) is 0 Å². The molecule has 0 saturated carbocycles. The van der Waals surface area contributed by atoms with Crippen LogP contribution in [0.25, 0.3) is 0 Å². The number of hydrogen-bond donors (Lipinski definition) is 1. The van der Waals surface area contributed by atoms with Gasteiger partial charge < -0.3 is 15.7 Å². The minimum Gasteiger partial charge on any atom is -0.442 e. The van der Waals surface area contributed by atoms with E-state index in [1.165, 1.54) is 0 Å². The highest BCUT2D eigenvalue weighted by atomic mass is 28.2. The molecule has 4 heavy (non-hydrogen) atoms. The van der Waals surface area contributed by atoms with Crippen LogP contribution in [-0.4, -0.2) is 26.2 Å². The molecule has 0 saturated heterocycles. The molecule has 0 unspecified atom stereocenters. The summed E-state index contributed by atoms with van der Waals surface area (Å²) in [6, 6.07) is 0. The van der Waals surface area contributed by atoms with E-state index in [2.05, 4.69) is 0 Å². The zero-order valence-corrected chi connectivity index (χ0v) is 4.45. The molecule has 0 aliphatic carbocycles. The predicted molar refractivity (Wildman–Crippen MR) is 19.4 cm³/mol. The molecule has 0 rings (SSSR count). The predicted octanol–water partition coefficient (Wildman–Crippen LogP) is -3.39. The van der Waals surface area contributed by atoms with Gasteiger partial charge in [0.25, 0.3) is 0 Å². The molecule has 0 amide bonds. The first-order valence-corrected chi connectivity index (χ1v) is 1.34. The smallest absolute Gasteiger partial charge is 0.141 e. The van der Waals surface area contributed by atoms with E-state index < -0.39 is 0 Å². The van der Waals surface area contributed by atoms with E-state index in [4.69, 9.17) is 4.80 Å². The van der Waals surface area contributed by atoms with Crippen molar-refractivity contribution in [3.63, 3.8) is 0 Å². The summed E-state index contributed by atoms with van der Waals surface area (Å²) in [6.45, 7) is 0. The van der Waals surface area contributed by atoms with Gasteiger partial charge in [0.15, 0.2) is 0 Å². The van der Waals surface area contributed by atoms with Crippen molar-refractivity contribution in [2.75, 3.05) is 0 Å². The molecule has 0 aliphatic rings. The maximum Gasteiger partial charge on any atom is 0.141 e. The lowest BCUT2D eigenvalue weighted by molar-refractivity contribution is 0.629. The third-order valence-electron chi connectivity index (χ3n) is 0. The van der Waals surface area contributed by atoms with E-state index in [9.17, 15) is 0 Å². The third kappa shape index (κ3) is 269. The third-order valence-corrected chi connectivity index (χ3v) is 0. The van der Waals surface area contributed by atoms with Gasteiger partial charge in [-0.1, -0.05) is 0 Å². The molecule has 0 atom stereocenters. The van der Waals surface area contributed by atoms with Gasteiger partial charge in [-0.15, -0.1) is 0 Å². The summed E-state index contributed by atoms with van der Waals surface area (Å²) in [7, 11) is 0.306. The lowest BCUT2D eigenvalue weighted by Gasteiger charge is -1.19. The maximum atomic E-state index is 7.14. The Balaban J connectivity index is -0.00000000500. The van der Waals surface area contributed by atoms with Crippen LogP contribution in [0.1, 0.15) is 0 Å². The van der Waals surface area contributed by atoms with E-state index in [1.807, 2.05) is 0 Å². The van der Waals surface area contributed by atoms with Crippen LogP contribution in [-0.2, 0) is 0 Å². The second-order valence-electron chi connectivity index (χ2n) is 0. The normalized spacial score (nSPS) is 2.25. The van der Waals surface area contributed by atoms with Crippen LogP contribution >= 0.6 is 0 Å². The van der Waals surface area contributed by atoms with E-state index >= 15 is 0 Å². The summed E-state index contributed by atoms with van der Waals surface area (Å²) < 4.78 is 0. The average Bonchev–Trinajstić information content (AvgIpc) is 1.00. The Morgan fingerprint density at radius 1 is 1.00 bits per heavy atom. The zero-order chi connectivity index (χ0) is 2.00. The molecule has 0 aromatic carbocycles. The Kier molecular flexibility index (Phi) is 11800. The monoisotopic (exact) mass is 84.0 g/mol. The Bertz CT molecular complexity index is 3.25. The van der Waals surface area contributed by atoms with Crippen LogP contribution in [0.4, 0.5) is 0 Å². The van der Waals surface area contributed by atoms with Gasteiger partial charge in [-0.05, 0) is 0 Å². The van der Waals surface area contributed by atoms with Crippen LogP contribution in [0.2, 0.25) is 0 Å². The van der Waals surface area contributed by atoms with Gasteiger partial charge >= 0.3 is 0 Å². The minimum absolute atomic E-state index is 0. The Labute approximate surface area is 27.4 Å². The Morgan fingerprint density at radius 3 is 1.00 bits per heavy atom. The van der Waals surface area contributed by atoms with Gasteiger partial charge in [-0.2, -0.15) is 0 Å². The molecule has 3 nitrogen and oxygen atoms in total. The summed E-state index contributed by atoms with van der Waals surface area (Å²) in [5, 5.41) is 0. The molecule has 5 N–H and O–H groups in total. The first-order valence-electron chi connectivity index (χ1n) is 0.447. The van der Waals surface area contributed by atoms with Crippen molar-refractivity contribution in [2.45, 2.75) is 0 Å². The second-order valence-corrected chi connectivity index (χ2v) is 0. The SMILES string of the molecule is O.O.O[SiH3]. The largest absolute Gasteiger partial charge is 0.442 e. The zero-order valence-electron chi connectivity index (χ0n) is 2.45. The molecule has 0 radical (unpaired) electrons. The van der Waals surface area contributed by atoms with Gasteiger partial charge in [-0.3, -0.25) is 0 Å². The van der Waals surface area contributed by atoms with Gasteiger partial charge in [-0.25, -0.2) is 0 Å². The van der Waals surface area contributed by atoms with Gasteiger partial charge in [0.2, 0.25) is 0 Å². The molecular formula is H8O3Si. The first kappa shape index (κ1) is 32.7. The molecule has 4 heteroatoms. The van der Waals surface area contributed by atoms with Crippen LogP contribution in [0.3, 0.4) is 0 Å². The summed E-state index contributed by atoms with van der Waals surface area (Å²) >= 11 is 0. The molecule has 0 spiro atoms. The highest BCUT2D eigenvalue weighted by molar-refractivity contribution is 5.95. The summed E-state index contributed by atoms with van der Waals surface area (Å²) in [5.74, 6) is 0. The van der Waals surface area contributed by atoms with Gasteiger partial charge in [0.1, 0.15) is 10.5 Å². The molecule has 0 bridgehead atoms. The van der Waals surface area contributed by atoms with Crippen molar-refractivity contribution in [3.05, 3.63) is 0 Å². The highest BCUT2D eigenvalue weighted by Gasteiger charge is 0.891. The van der Waals surface area contributed by atoms with Gasteiger partial charge in [0.05, 0.1) is 0 Å². The van der Waals surface area contributed by atoms with E-state index in [-0.39, 0.29) is 11.0 Å². The molecule has 0 aliphatic heterocycles. The number of hydrogen-bond acceptors (Lipinski definition) is 1. The van der Waals surface area contributed by atoms with Crippen molar-refractivity contribution in [1.82, 2.24) is 0 Å². The van der Waals surface area contributed by atoms with Crippen LogP contribution in [0.15, 0.2) is 0 Å². The topological polar surface area (TPSA) is 83.2 Å². The molecule has 30 valence electrons. The highest BCUT2D eigenvalue weighted by Crippen LogP contribution is 0.666. The Hall–Kier alpha value is 0.0969. The summed E-state index contributed by atoms with van der Waals surface area (Å²) in [5.41, 5.74) is 0. The van der Waals surface area contributed by atoms with Crippen molar-refractivity contribution < 1.29 is 15.7 Å². The lowest BCUT2D eigenvalue weighted by Crippen LogP contribution is -1.34. The molecule has 0 heterocycles. The Morgan fingerprint density at radius 2 is 1.00 bits per heavy atom. The van der Waals surface area contributed by atoms with Crippen molar-refractivity contribution in [1.29, 1.82) is 0 Å². The molecular weight excluding hydrogens is 76.1 g/mol. The minimum atomic E-state index is 0. The van der Waals surface area contributed by atoms with Crippen molar-refractivity contribution >= 4 is 10.5 Å². The lowest BCUT2D eigenvalue weighted by atomic mass is 15.9. The summed E-state index contributed by atoms with van der Waals surface area (Å²) in [6.07, 6.45) is 0. The average molecular weight is 84.1 g/mol. The second kappa shape index (κ2) is 1450. The van der Waals surface area contributed by atoms with E-state index in [1.54, 1.807) is 0 Å². The van der Waals surface area contributed by atoms with Gasteiger partial charge in [0, 0.05) is 0 Å². The van der Waals surface area contributed by atoms with Crippen molar-refractivity contribution in [3.8, 4) is 0 Å². The fourth-order valence-electron chi connectivity index (χ4n) is 0. The fraction of sp³-hybridized carbons (Fsp3) is 0.